The fraction of sp³-hybridized carbons (Fsp3) is 0.176. The smallest absolute Gasteiger partial charge is 0.261 e. The molecule has 2 aromatic carbocycles. The highest BCUT2D eigenvalue weighted by Gasteiger charge is 2.24. The van der Waals surface area contributed by atoms with Crippen LogP contribution in [0, 0.1) is 11.3 Å². The third-order valence-electron chi connectivity index (χ3n) is 3.61. The standard InChI is InChI=1S/C17H15N3O3S/c18-11-13-4-1-2-7-16(13)20-24(22,23)15-6-3-5-12(10-15)17(21)19-14-8-9-14/h1-7,10,14,20H,8-9H2,(H,19,21). The average Bonchev–Trinajstić information content (AvgIpc) is 3.39. The average molecular weight is 341 g/mol. The van der Waals surface area contributed by atoms with Crippen molar-refractivity contribution in [1.29, 1.82) is 5.26 Å². The van der Waals surface area contributed by atoms with E-state index < -0.39 is 10.0 Å². The quantitative estimate of drug-likeness (QED) is 0.871. The van der Waals surface area contributed by atoms with Crippen LogP contribution in [0.1, 0.15) is 28.8 Å². The van der Waals surface area contributed by atoms with Crippen LogP contribution in [0.4, 0.5) is 5.69 Å². The zero-order valence-corrected chi connectivity index (χ0v) is 13.5. The fourth-order valence-corrected chi connectivity index (χ4v) is 3.30. The number of carbonyl (C=O) groups is 1. The van der Waals surface area contributed by atoms with Crippen molar-refractivity contribution in [2.24, 2.45) is 0 Å². The molecule has 2 N–H and O–H groups in total. The Balaban J connectivity index is 1.87. The van der Waals surface area contributed by atoms with E-state index >= 15 is 0 Å². The van der Waals surface area contributed by atoms with E-state index in [0.717, 1.165) is 12.8 Å². The molecule has 2 aromatic rings. The molecule has 0 spiro atoms. The van der Waals surface area contributed by atoms with E-state index in [0.29, 0.717) is 5.56 Å². The second-order valence-corrected chi connectivity index (χ2v) is 7.22. The van der Waals surface area contributed by atoms with Gasteiger partial charge < -0.3 is 5.32 Å². The van der Waals surface area contributed by atoms with Crippen LogP contribution in [-0.4, -0.2) is 20.4 Å². The van der Waals surface area contributed by atoms with E-state index in [9.17, 15) is 13.2 Å². The zero-order valence-electron chi connectivity index (χ0n) is 12.7. The maximum atomic E-state index is 12.5. The SMILES string of the molecule is N#Cc1ccccc1NS(=O)(=O)c1cccc(C(=O)NC2CC2)c1. The Morgan fingerprint density at radius 2 is 1.88 bits per heavy atom. The summed E-state index contributed by atoms with van der Waals surface area (Å²) in [6.07, 6.45) is 1.91. The van der Waals surface area contributed by atoms with Gasteiger partial charge in [-0.2, -0.15) is 5.26 Å². The number of amides is 1. The Labute approximate surface area is 140 Å². The Bertz CT molecular complexity index is 928. The molecule has 0 aromatic heterocycles. The number of hydrogen-bond donors (Lipinski definition) is 2. The van der Waals surface area contributed by atoms with Gasteiger partial charge in [-0.25, -0.2) is 8.42 Å². The van der Waals surface area contributed by atoms with Gasteiger partial charge >= 0.3 is 0 Å². The molecule has 1 amide bonds. The summed E-state index contributed by atoms with van der Waals surface area (Å²) in [6.45, 7) is 0. The summed E-state index contributed by atoms with van der Waals surface area (Å²) in [7, 11) is -3.90. The number of rotatable bonds is 5. The summed E-state index contributed by atoms with van der Waals surface area (Å²) >= 11 is 0. The normalized spacial score (nSPS) is 13.8. The first-order valence-electron chi connectivity index (χ1n) is 7.42. The second-order valence-electron chi connectivity index (χ2n) is 5.54. The van der Waals surface area contributed by atoms with Gasteiger partial charge in [-0.15, -0.1) is 0 Å². The van der Waals surface area contributed by atoms with E-state index in [1.165, 1.54) is 30.3 Å². The number of para-hydroxylation sites is 1. The minimum absolute atomic E-state index is 0.0290. The van der Waals surface area contributed by atoms with E-state index in [1.807, 2.05) is 6.07 Å². The lowest BCUT2D eigenvalue weighted by Crippen LogP contribution is -2.25. The van der Waals surface area contributed by atoms with Crippen LogP contribution >= 0.6 is 0 Å². The molecule has 0 bridgehead atoms. The number of hydrogen-bond acceptors (Lipinski definition) is 4. The molecule has 0 unspecified atom stereocenters. The Kier molecular flexibility index (Phi) is 4.23. The number of sulfonamides is 1. The van der Waals surface area contributed by atoms with Crippen molar-refractivity contribution in [2.75, 3.05) is 4.72 Å². The summed E-state index contributed by atoms with van der Waals surface area (Å²) in [6, 6.07) is 14.3. The van der Waals surface area contributed by atoms with Crippen LogP contribution < -0.4 is 10.0 Å². The van der Waals surface area contributed by atoms with Crippen LogP contribution in [0.3, 0.4) is 0 Å². The van der Waals surface area contributed by atoms with E-state index in [-0.39, 0.29) is 28.1 Å². The Morgan fingerprint density at radius 1 is 1.12 bits per heavy atom. The molecular weight excluding hydrogens is 326 g/mol. The third kappa shape index (κ3) is 3.55. The minimum Gasteiger partial charge on any atom is -0.349 e. The molecule has 0 aliphatic heterocycles. The Morgan fingerprint density at radius 3 is 2.58 bits per heavy atom. The first-order chi connectivity index (χ1) is 11.5. The number of nitrogens with one attached hydrogen (secondary N) is 2. The highest BCUT2D eigenvalue weighted by atomic mass is 32.2. The summed E-state index contributed by atoms with van der Waals surface area (Å²) < 4.78 is 27.4. The predicted molar refractivity (Wildman–Crippen MR) is 88.9 cm³/mol. The van der Waals surface area contributed by atoms with Crippen molar-refractivity contribution in [3.05, 3.63) is 59.7 Å². The molecule has 6 nitrogen and oxygen atoms in total. The lowest BCUT2D eigenvalue weighted by atomic mass is 10.2. The van der Waals surface area contributed by atoms with E-state index in [2.05, 4.69) is 10.0 Å². The van der Waals surface area contributed by atoms with Gasteiger partial charge in [0.15, 0.2) is 0 Å². The van der Waals surface area contributed by atoms with E-state index in [1.54, 1.807) is 18.2 Å². The van der Waals surface area contributed by atoms with Crippen molar-refractivity contribution < 1.29 is 13.2 Å². The largest absolute Gasteiger partial charge is 0.349 e. The number of nitrogens with zero attached hydrogens (tertiary/aromatic N) is 1. The van der Waals surface area contributed by atoms with E-state index in [4.69, 9.17) is 5.26 Å². The van der Waals surface area contributed by atoms with Gasteiger partial charge in [0.1, 0.15) is 6.07 Å². The van der Waals surface area contributed by atoms with Crippen molar-refractivity contribution >= 4 is 21.6 Å². The molecular formula is C17H15N3O3S. The summed E-state index contributed by atoms with van der Waals surface area (Å²) in [5.41, 5.74) is 0.717. The second kappa shape index (κ2) is 6.34. The number of anilines is 1. The third-order valence-corrected chi connectivity index (χ3v) is 4.97. The van der Waals surface area contributed by atoms with Gasteiger partial charge in [0.2, 0.25) is 0 Å². The van der Waals surface area contributed by atoms with Gasteiger partial charge in [0, 0.05) is 11.6 Å². The van der Waals surface area contributed by atoms with Gasteiger partial charge in [0.05, 0.1) is 16.1 Å². The molecule has 24 heavy (non-hydrogen) atoms. The van der Waals surface area contributed by atoms with Crippen LogP contribution in [0.25, 0.3) is 0 Å². The predicted octanol–water partition coefficient (Wildman–Crippen LogP) is 2.25. The maximum Gasteiger partial charge on any atom is 0.261 e. The highest BCUT2D eigenvalue weighted by Crippen LogP contribution is 2.22. The van der Waals surface area contributed by atoms with Crippen LogP contribution in [0.2, 0.25) is 0 Å². The molecule has 3 rings (SSSR count). The number of nitriles is 1. The lowest BCUT2D eigenvalue weighted by molar-refractivity contribution is 0.0951. The molecule has 0 atom stereocenters. The molecule has 0 saturated heterocycles. The van der Waals surface area contributed by atoms with Gasteiger partial charge in [-0.1, -0.05) is 18.2 Å². The molecule has 1 aliphatic carbocycles. The van der Waals surface area contributed by atoms with Crippen LogP contribution in [-0.2, 0) is 10.0 Å². The molecule has 1 fully saturated rings. The van der Waals surface area contributed by atoms with Crippen molar-refractivity contribution in [2.45, 2.75) is 23.8 Å². The first-order valence-corrected chi connectivity index (χ1v) is 8.91. The summed E-state index contributed by atoms with van der Waals surface area (Å²) in [4.78, 5) is 12.0. The summed E-state index contributed by atoms with van der Waals surface area (Å²) in [5.74, 6) is -0.285. The number of carbonyl (C=O) groups excluding carboxylic acids is 1. The molecule has 1 aliphatic rings. The molecule has 1 saturated carbocycles. The monoisotopic (exact) mass is 341 g/mol. The van der Waals surface area contributed by atoms with Gasteiger partial charge in [-0.3, -0.25) is 9.52 Å². The first kappa shape index (κ1) is 16.0. The van der Waals surface area contributed by atoms with Crippen molar-refractivity contribution in [3.8, 4) is 6.07 Å². The molecule has 0 heterocycles. The zero-order chi connectivity index (χ0) is 17.2. The van der Waals surface area contributed by atoms with Crippen LogP contribution in [0.15, 0.2) is 53.4 Å². The molecule has 0 radical (unpaired) electrons. The maximum absolute atomic E-state index is 12.5. The van der Waals surface area contributed by atoms with Gasteiger partial charge in [-0.05, 0) is 43.2 Å². The summed E-state index contributed by atoms with van der Waals surface area (Å²) in [5, 5.41) is 11.9. The topological polar surface area (TPSA) is 99.1 Å². The Hall–Kier alpha value is -2.85. The lowest BCUT2D eigenvalue weighted by Gasteiger charge is -2.10. The molecule has 122 valence electrons. The van der Waals surface area contributed by atoms with Gasteiger partial charge in [0.25, 0.3) is 15.9 Å². The van der Waals surface area contributed by atoms with Crippen molar-refractivity contribution in [1.82, 2.24) is 5.32 Å². The van der Waals surface area contributed by atoms with Crippen molar-refractivity contribution in [3.63, 3.8) is 0 Å². The minimum atomic E-state index is -3.90. The molecule has 7 heteroatoms. The highest BCUT2D eigenvalue weighted by molar-refractivity contribution is 7.92. The number of benzene rings is 2. The fourth-order valence-electron chi connectivity index (χ4n) is 2.17. The van der Waals surface area contributed by atoms with Crippen LogP contribution in [0.5, 0.6) is 0 Å².